The van der Waals surface area contributed by atoms with Gasteiger partial charge in [0.2, 0.25) is 0 Å². The lowest BCUT2D eigenvalue weighted by molar-refractivity contribution is 0.145. The van der Waals surface area contributed by atoms with E-state index in [0.29, 0.717) is 6.04 Å². The second kappa shape index (κ2) is 5.32. The third-order valence-corrected chi connectivity index (χ3v) is 3.20. The zero-order chi connectivity index (χ0) is 11.4. The van der Waals surface area contributed by atoms with Gasteiger partial charge in [-0.3, -0.25) is 4.90 Å². The number of methoxy groups -OCH3 is 1. The summed E-state index contributed by atoms with van der Waals surface area (Å²) in [6, 6.07) is 9.04. The first kappa shape index (κ1) is 11.4. The monoisotopic (exact) mass is 220 g/mol. The first-order chi connectivity index (χ1) is 7.83. The summed E-state index contributed by atoms with van der Waals surface area (Å²) in [6.07, 6.45) is 0. The number of ether oxygens (including phenoxy) is 1. The lowest BCUT2D eigenvalue weighted by Gasteiger charge is -2.37. The first-order valence-electron chi connectivity index (χ1n) is 5.91. The van der Waals surface area contributed by atoms with E-state index in [1.807, 2.05) is 6.07 Å². The van der Waals surface area contributed by atoms with Crippen molar-refractivity contribution in [1.82, 2.24) is 10.2 Å². The Balaban J connectivity index is 2.00. The molecule has 0 radical (unpaired) electrons. The van der Waals surface area contributed by atoms with Gasteiger partial charge in [0.15, 0.2) is 0 Å². The molecule has 1 aliphatic rings. The molecule has 0 spiro atoms. The Morgan fingerprint density at radius 3 is 2.81 bits per heavy atom. The van der Waals surface area contributed by atoms with Crippen molar-refractivity contribution in [2.75, 3.05) is 26.7 Å². The summed E-state index contributed by atoms with van der Waals surface area (Å²) in [5.74, 6) is 0.945. The maximum atomic E-state index is 5.24. The van der Waals surface area contributed by atoms with Gasteiger partial charge in [-0.2, -0.15) is 0 Å². The van der Waals surface area contributed by atoms with Gasteiger partial charge in [-0.05, 0) is 24.2 Å². The molecule has 3 nitrogen and oxygen atoms in total. The maximum Gasteiger partial charge on any atom is 0.119 e. The van der Waals surface area contributed by atoms with Gasteiger partial charge in [0.25, 0.3) is 0 Å². The number of likely N-dealkylation sites (N-methyl/N-ethyl adjacent to an activating group) is 1. The summed E-state index contributed by atoms with van der Waals surface area (Å²) in [7, 11) is 1.71. The molecule has 0 aliphatic carbocycles. The number of nitrogens with zero attached hydrogens (tertiary/aromatic N) is 1. The molecule has 0 amide bonds. The van der Waals surface area contributed by atoms with Crippen LogP contribution >= 0.6 is 0 Å². The van der Waals surface area contributed by atoms with Crippen molar-refractivity contribution in [3.05, 3.63) is 29.8 Å². The number of hydrogen-bond donors (Lipinski definition) is 1. The molecular weight excluding hydrogens is 200 g/mol. The molecule has 1 aromatic carbocycles. The van der Waals surface area contributed by atoms with Crippen molar-refractivity contribution in [2.24, 2.45) is 0 Å². The zero-order valence-electron chi connectivity index (χ0n) is 10.1. The molecule has 1 aromatic rings. The second-order valence-corrected chi connectivity index (χ2v) is 4.23. The third kappa shape index (κ3) is 2.54. The molecule has 1 fully saturated rings. The summed E-state index contributed by atoms with van der Waals surface area (Å²) in [4.78, 5) is 2.51. The minimum absolute atomic E-state index is 0.705. The van der Waals surface area contributed by atoms with E-state index in [4.69, 9.17) is 4.74 Å². The van der Waals surface area contributed by atoms with E-state index in [2.05, 4.69) is 35.3 Å². The van der Waals surface area contributed by atoms with E-state index in [1.54, 1.807) is 7.11 Å². The van der Waals surface area contributed by atoms with Gasteiger partial charge in [-0.15, -0.1) is 0 Å². The van der Waals surface area contributed by atoms with Gasteiger partial charge in [0.05, 0.1) is 7.11 Å². The number of rotatable bonds is 5. The van der Waals surface area contributed by atoms with Crippen LogP contribution in [0, 0.1) is 0 Å². The van der Waals surface area contributed by atoms with Crippen LogP contribution in [0.25, 0.3) is 0 Å². The van der Waals surface area contributed by atoms with Crippen molar-refractivity contribution in [1.29, 1.82) is 0 Å². The number of benzene rings is 1. The Morgan fingerprint density at radius 2 is 2.25 bits per heavy atom. The molecule has 0 unspecified atom stereocenters. The molecule has 1 heterocycles. The summed E-state index contributed by atoms with van der Waals surface area (Å²) in [6.45, 7) is 6.58. The molecule has 3 heteroatoms. The summed E-state index contributed by atoms with van der Waals surface area (Å²) in [5.41, 5.74) is 1.33. The molecule has 0 atom stereocenters. The van der Waals surface area contributed by atoms with Gasteiger partial charge in [0, 0.05) is 25.7 Å². The minimum Gasteiger partial charge on any atom is -0.497 e. The van der Waals surface area contributed by atoms with Crippen molar-refractivity contribution >= 4 is 0 Å². The van der Waals surface area contributed by atoms with Gasteiger partial charge in [-0.1, -0.05) is 19.1 Å². The Labute approximate surface area is 97.4 Å². The number of hydrogen-bond acceptors (Lipinski definition) is 3. The van der Waals surface area contributed by atoms with Gasteiger partial charge in [-0.25, -0.2) is 0 Å². The average Bonchev–Trinajstić information content (AvgIpc) is 2.26. The first-order valence-corrected chi connectivity index (χ1v) is 5.91. The molecule has 0 bridgehead atoms. The molecule has 0 saturated carbocycles. The van der Waals surface area contributed by atoms with Crippen molar-refractivity contribution in [3.8, 4) is 5.75 Å². The molecule has 1 aliphatic heterocycles. The quantitative estimate of drug-likeness (QED) is 0.813. The van der Waals surface area contributed by atoms with E-state index in [1.165, 1.54) is 5.56 Å². The van der Waals surface area contributed by atoms with Crippen LogP contribution in [0.4, 0.5) is 0 Å². The predicted molar refractivity (Wildman–Crippen MR) is 65.7 cm³/mol. The fourth-order valence-corrected chi connectivity index (χ4v) is 2.04. The summed E-state index contributed by atoms with van der Waals surface area (Å²) in [5, 5.41) is 3.32. The lowest BCUT2D eigenvalue weighted by Crippen LogP contribution is -2.56. The highest BCUT2D eigenvalue weighted by molar-refractivity contribution is 5.28. The average molecular weight is 220 g/mol. The Bertz CT molecular complexity index is 336. The molecule has 0 aromatic heterocycles. The van der Waals surface area contributed by atoms with E-state index >= 15 is 0 Å². The summed E-state index contributed by atoms with van der Waals surface area (Å²) >= 11 is 0. The van der Waals surface area contributed by atoms with Gasteiger partial charge >= 0.3 is 0 Å². The zero-order valence-corrected chi connectivity index (χ0v) is 10.1. The normalized spacial score (nSPS) is 16.2. The van der Waals surface area contributed by atoms with Crippen LogP contribution in [-0.4, -0.2) is 37.7 Å². The van der Waals surface area contributed by atoms with Crippen LogP contribution in [0.15, 0.2) is 24.3 Å². The van der Waals surface area contributed by atoms with E-state index in [-0.39, 0.29) is 0 Å². The predicted octanol–water partition coefficient (Wildman–Crippen LogP) is 1.49. The topological polar surface area (TPSA) is 24.5 Å². The maximum absolute atomic E-state index is 5.24. The fraction of sp³-hybridized carbons (Fsp3) is 0.538. The smallest absolute Gasteiger partial charge is 0.119 e. The molecule has 1 N–H and O–H groups in total. The third-order valence-electron chi connectivity index (χ3n) is 3.20. The van der Waals surface area contributed by atoms with Crippen LogP contribution in [0.5, 0.6) is 5.75 Å². The molecule has 88 valence electrons. The van der Waals surface area contributed by atoms with E-state index in [0.717, 1.165) is 31.9 Å². The minimum atomic E-state index is 0.705. The highest BCUT2D eigenvalue weighted by atomic mass is 16.5. The molecule has 2 rings (SSSR count). The second-order valence-electron chi connectivity index (χ2n) is 4.23. The summed E-state index contributed by atoms with van der Waals surface area (Å²) < 4.78 is 5.24. The van der Waals surface area contributed by atoms with Crippen molar-refractivity contribution < 1.29 is 4.74 Å². The van der Waals surface area contributed by atoms with Crippen LogP contribution in [-0.2, 0) is 6.54 Å². The van der Waals surface area contributed by atoms with E-state index in [9.17, 15) is 0 Å². The van der Waals surface area contributed by atoms with E-state index < -0.39 is 0 Å². The van der Waals surface area contributed by atoms with Crippen molar-refractivity contribution in [2.45, 2.75) is 19.5 Å². The Hall–Kier alpha value is -1.06. The van der Waals surface area contributed by atoms with Crippen molar-refractivity contribution in [3.63, 3.8) is 0 Å². The van der Waals surface area contributed by atoms with Gasteiger partial charge in [0.1, 0.15) is 5.75 Å². The Morgan fingerprint density at radius 1 is 1.44 bits per heavy atom. The fourth-order valence-electron chi connectivity index (χ4n) is 2.04. The highest BCUT2D eigenvalue weighted by Gasteiger charge is 2.23. The molecule has 1 saturated heterocycles. The largest absolute Gasteiger partial charge is 0.497 e. The SMILES string of the molecule is CCN(Cc1cccc(OC)c1)C1CNC1. The van der Waals surface area contributed by atoms with Gasteiger partial charge < -0.3 is 10.1 Å². The highest BCUT2D eigenvalue weighted by Crippen LogP contribution is 2.16. The number of nitrogens with one attached hydrogen (secondary N) is 1. The van der Waals surface area contributed by atoms with Crippen LogP contribution < -0.4 is 10.1 Å². The molecular formula is C13H20N2O. The molecule has 16 heavy (non-hydrogen) atoms. The standard InChI is InChI=1S/C13H20N2O/c1-3-15(12-8-14-9-12)10-11-5-4-6-13(7-11)16-2/h4-7,12,14H,3,8-10H2,1-2H3. The van der Waals surface area contributed by atoms with Crippen LogP contribution in [0.3, 0.4) is 0 Å². The van der Waals surface area contributed by atoms with Crippen LogP contribution in [0.1, 0.15) is 12.5 Å². The Kier molecular flexibility index (Phi) is 3.80. The van der Waals surface area contributed by atoms with Crippen LogP contribution in [0.2, 0.25) is 0 Å². The lowest BCUT2D eigenvalue weighted by atomic mass is 10.1.